The Kier molecular flexibility index (Phi) is 15.5. The molecule has 0 heterocycles. The van der Waals surface area contributed by atoms with Crippen LogP contribution in [0.4, 0.5) is 0 Å². The van der Waals surface area contributed by atoms with E-state index in [1.165, 1.54) is 0 Å². The third-order valence-corrected chi connectivity index (χ3v) is 3.50. The lowest BCUT2D eigenvalue weighted by molar-refractivity contribution is -0.126. The first kappa shape index (κ1) is 22.6. The van der Waals surface area contributed by atoms with Crippen LogP contribution in [0.2, 0.25) is 0 Å². The van der Waals surface area contributed by atoms with Crippen molar-refractivity contribution >= 4 is 5.91 Å². The Hall–Kier alpha value is -1.37. The van der Waals surface area contributed by atoms with Gasteiger partial charge >= 0.3 is 0 Å². The maximum atomic E-state index is 11.4. The van der Waals surface area contributed by atoms with Crippen LogP contribution < -0.4 is 5.32 Å². The minimum absolute atomic E-state index is 0.0685. The van der Waals surface area contributed by atoms with Crippen molar-refractivity contribution in [3.63, 3.8) is 0 Å². The van der Waals surface area contributed by atoms with Crippen molar-refractivity contribution in [3.05, 3.63) is 24.9 Å². The van der Waals surface area contributed by atoms with Crippen molar-refractivity contribution in [1.82, 2.24) is 10.2 Å². The molecule has 0 fully saturated rings. The van der Waals surface area contributed by atoms with E-state index in [1.807, 2.05) is 13.1 Å². The van der Waals surface area contributed by atoms with Gasteiger partial charge in [0.2, 0.25) is 5.91 Å². The lowest BCUT2D eigenvalue weighted by Crippen LogP contribution is -2.29. The minimum atomic E-state index is -0.0991. The van der Waals surface area contributed by atoms with Crippen molar-refractivity contribution in [3.8, 4) is 0 Å². The maximum absolute atomic E-state index is 11.4. The second-order valence-electron chi connectivity index (χ2n) is 5.61. The zero-order chi connectivity index (χ0) is 18.0. The van der Waals surface area contributed by atoms with Gasteiger partial charge in [0.15, 0.2) is 0 Å². The molecule has 0 aromatic carbocycles. The summed E-state index contributed by atoms with van der Waals surface area (Å²) in [6.07, 6.45) is 6.28. The molecule has 0 rings (SSSR count). The van der Waals surface area contributed by atoms with Crippen molar-refractivity contribution in [2.45, 2.75) is 32.1 Å². The molecule has 0 radical (unpaired) electrons. The van der Waals surface area contributed by atoms with Crippen molar-refractivity contribution < 1.29 is 19.4 Å². The summed E-state index contributed by atoms with van der Waals surface area (Å²) in [4.78, 5) is 13.5. The topological polar surface area (TPSA) is 71.0 Å². The molecule has 0 bridgehead atoms. The van der Waals surface area contributed by atoms with Crippen LogP contribution >= 0.6 is 0 Å². The third kappa shape index (κ3) is 14.2. The molecule has 0 aromatic rings. The Labute approximate surface area is 146 Å². The number of amides is 1. The zero-order valence-electron chi connectivity index (χ0n) is 15.1. The van der Waals surface area contributed by atoms with Gasteiger partial charge in [-0.3, -0.25) is 4.79 Å². The molecule has 2 N–H and O–H groups in total. The van der Waals surface area contributed by atoms with Gasteiger partial charge in [0.1, 0.15) is 6.61 Å². The highest BCUT2D eigenvalue weighted by atomic mass is 16.5. The fraction of sp³-hybridized carbons (Fsp3) is 0.722. The van der Waals surface area contributed by atoms with E-state index in [2.05, 4.69) is 23.4 Å². The number of ether oxygens (including phenoxy) is 2. The summed E-state index contributed by atoms with van der Waals surface area (Å²) in [7, 11) is 1.98. The van der Waals surface area contributed by atoms with Crippen LogP contribution in [-0.2, 0) is 14.3 Å². The summed E-state index contributed by atoms with van der Waals surface area (Å²) in [5.41, 5.74) is 1.05. The number of hydrogen-bond donors (Lipinski definition) is 2. The number of nitrogens with zero attached hydrogens (tertiary/aromatic N) is 1. The standard InChI is InChI=1S/C18H34N2O4/c1-4-5-7-10-19-18(22)16-24-15-14-23-13-11-20(3)17(2)9-6-8-12-21/h4,21H,1-2,5-16H2,3H3,(H,19,22). The van der Waals surface area contributed by atoms with E-state index in [0.29, 0.717) is 26.4 Å². The van der Waals surface area contributed by atoms with Gasteiger partial charge in [-0.15, -0.1) is 6.58 Å². The van der Waals surface area contributed by atoms with Crippen LogP contribution in [0.1, 0.15) is 32.1 Å². The molecule has 0 spiro atoms. The van der Waals surface area contributed by atoms with Crippen LogP contribution in [0.15, 0.2) is 24.9 Å². The Morgan fingerprint density at radius 2 is 1.96 bits per heavy atom. The molecule has 0 aliphatic rings. The smallest absolute Gasteiger partial charge is 0.245 e. The third-order valence-electron chi connectivity index (χ3n) is 3.50. The van der Waals surface area contributed by atoms with Gasteiger partial charge in [-0.25, -0.2) is 0 Å². The number of carbonyl (C=O) groups excluding carboxylic acids is 1. The molecular formula is C18H34N2O4. The van der Waals surface area contributed by atoms with Gasteiger partial charge in [-0.05, 0) is 32.1 Å². The summed E-state index contributed by atoms with van der Waals surface area (Å²) in [6, 6.07) is 0. The van der Waals surface area contributed by atoms with E-state index >= 15 is 0 Å². The molecular weight excluding hydrogens is 308 g/mol. The van der Waals surface area contributed by atoms with Crippen molar-refractivity contribution in [2.24, 2.45) is 0 Å². The zero-order valence-corrected chi connectivity index (χ0v) is 15.1. The van der Waals surface area contributed by atoms with Crippen LogP contribution in [0.3, 0.4) is 0 Å². The van der Waals surface area contributed by atoms with E-state index < -0.39 is 0 Å². The number of aliphatic hydroxyl groups is 1. The molecule has 0 unspecified atom stereocenters. The SMILES string of the molecule is C=CCCCNC(=O)COCCOCCN(C)C(=C)CCCCO. The molecule has 140 valence electrons. The van der Waals surface area contributed by atoms with Gasteiger partial charge in [-0.2, -0.15) is 0 Å². The lowest BCUT2D eigenvalue weighted by atomic mass is 10.2. The van der Waals surface area contributed by atoms with Gasteiger partial charge in [0, 0.05) is 32.4 Å². The lowest BCUT2D eigenvalue weighted by Gasteiger charge is -2.21. The maximum Gasteiger partial charge on any atom is 0.245 e. The van der Waals surface area contributed by atoms with Crippen molar-refractivity contribution in [2.75, 3.05) is 53.2 Å². The van der Waals surface area contributed by atoms with Crippen LogP contribution in [0.5, 0.6) is 0 Å². The highest BCUT2D eigenvalue weighted by molar-refractivity contribution is 5.77. The highest BCUT2D eigenvalue weighted by Gasteiger charge is 2.03. The first-order valence-electron chi connectivity index (χ1n) is 8.64. The van der Waals surface area contributed by atoms with E-state index in [4.69, 9.17) is 14.6 Å². The summed E-state index contributed by atoms with van der Waals surface area (Å²) in [5.74, 6) is -0.0991. The average molecular weight is 342 g/mol. The molecule has 0 saturated carbocycles. The first-order valence-corrected chi connectivity index (χ1v) is 8.64. The first-order chi connectivity index (χ1) is 11.6. The highest BCUT2D eigenvalue weighted by Crippen LogP contribution is 2.08. The minimum Gasteiger partial charge on any atom is -0.396 e. The number of allylic oxidation sites excluding steroid dienone is 2. The summed E-state index contributed by atoms with van der Waals surface area (Å²) in [5, 5.41) is 11.5. The number of aliphatic hydroxyl groups excluding tert-OH is 1. The van der Waals surface area contributed by atoms with Gasteiger partial charge in [-0.1, -0.05) is 12.7 Å². The number of likely N-dealkylation sites (N-methyl/N-ethyl adjacent to an activating group) is 1. The molecule has 6 heteroatoms. The van der Waals surface area contributed by atoms with Crippen molar-refractivity contribution in [1.29, 1.82) is 0 Å². The molecule has 0 atom stereocenters. The molecule has 1 amide bonds. The fourth-order valence-corrected chi connectivity index (χ4v) is 1.90. The van der Waals surface area contributed by atoms with E-state index in [0.717, 1.165) is 44.3 Å². The number of hydrogen-bond acceptors (Lipinski definition) is 5. The monoisotopic (exact) mass is 342 g/mol. The van der Waals surface area contributed by atoms with E-state index in [1.54, 1.807) is 0 Å². The fourth-order valence-electron chi connectivity index (χ4n) is 1.90. The van der Waals surface area contributed by atoms with Gasteiger partial charge in [0.25, 0.3) is 0 Å². The van der Waals surface area contributed by atoms with E-state index in [9.17, 15) is 4.79 Å². The second-order valence-corrected chi connectivity index (χ2v) is 5.61. The molecule has 0 aromatic heterocycles. The quantitative estimate of drug-likeness (QED) is 0.311. The molecule has 24 heavy (non-hydrogen) atoms. The summed E-state index contributed by atoms with van der Waals surface area (Å²) in [6.45, 7) is 10.8. The Morgan fingerprint density at radius 1 is 1.21 bits per heavy atom. The largest absolute Gasteiger partial charge is 0.396 e. The number of rotatable bonds is 17. The van der Waals surface area contributed by atoms with Crippen LogP contribution in [0, 0.1) is 0 Å². The predicted octanol–water partition coefficient (Wildman–Crippen LogP) is 1.71. The Morgan fingerprint density at radius 3 is 2.67 bits per heavy atom. The Bertz CT molecular complexity index is 348. The molecule has 6 nitrogen and oxygen atoms in total. The Balaban J connectivity index is 3.41. The summed E-state index contributed by atoms with van der Waals surface area (Å²) >= 11 is 0. The number of nitrogens with one attached hydrogen (secondary N) is 1. The summed E-state index contributed by atoms with van der Waals surface area (Å²) < 4.78 is 10.7. The molecule has 0 aliphatic carbocycles. The van der Waals surface area contributed by atoms with Gasteiger partial charge in [0.05, 0.1) is 19.8 Å². The van der Waals surface area contributed by atoms with Gasteiger partial charge < -0.3 is 24.8 Å². The average Bonchev–Trinajstić information content (AvgIpc) is 2.57. The predicted molar refractivity (Wildman–Crippen MR) is 96.8 cm³/mol. The second kappa shape index (κ2) is 16.5. The van der Waals surface area contributed by atoms with Crippen LogP contribution in [-0.4, -0.2) is 69.1 Å². The van der Waals surface area contributed by atoms with E-state index in [-0.39, 0.29) is 19.1 Å². The normalized spacial score (nSPS) is 10.4. The number of unbranched alkanes of at least 4 members (excludes halogenated alkanes) is 2. The number of carbonyl (C=O) groups is 1. The van der Waals surface area contributed by atoms with Crippen LogP contribution in [0.25, 0.3) is 0 Å². The molecule has 0 saturated heterocycles. The molecule has 0 aliphatic heterocycles.